The van der Waals surface area contributed by atoms with E-state index < -0.39 is 4.92 Å². The normalized spacial score (nSPS) is 10.3. The number of nitrogens with zero attached hydrogens (tertiary/aromatic N) is 1. The second-order valence-corrected chi connectivity index (χ2v) is 5.10. The lowest BCUT2D eigenvalue weighted by Crippen LogP contribution is -1.95. The van der Waals surface area contributed by atoms with Gasteiger partial charge in [0.1, 0.15) is 5.75 Å². The predicted octanol–water partition coefficient (Wildman–Crippen LogP) is 4.90. The van der Waals surface area contributed by atoms with Crippen LogP contribution in [0.1, 0.15) is 16.7 Å². The molecule has 0 spiro atoms. The lowest BCUT2D eigenvalue weighted by atomic mass is 10.1. The summed E-state index contributed by atoms with van der Waals surface area (Å²) in [6.45, 7) is 3.98. The molecule has 0 unspecified atom stereocenters. The predicted molar refractivity (Wildman–Crippen MR) is 81.7 cm³/mol. The molecule has 0 saturated carbocycles. The zero-order valence-corrected chi connectivity index (χ0v) is 12.8. The highest BCUT2D eigenvalue weighted by atomic mass is 79.9. The first-order valence-corrected chi connectivity index (χ1v) is 7.22. The van der Waals surface area contributed by atoms with Gasteiger partial charge in [-0.3, -0.25) is 10.1 Å². The fourth-order valence-corrected chi connectivity index (χ4v) is 2.13. The molecular formula is C15H14BrNO3. The highest BCUT2D eigenvalue weighted by Crippen LogP contribution is 2.33. The van der Waals surface area contributed by atoms with Crippen molar-refractivity contribution in [3.8, 4) is 11.5 Å². The van der Waals surface area contributed by atoms with Crippen LogP contribution in [0.5, 0.6) is 11.5 Å². The molecule has 5 heteroatoms. The maximum atomic E-state index is 11.1. The van der Waals surface area contributed by atoms with Gasteiger partial charge in [-0.15, -0.1) is 0 Å². The maximum Gasteiger partial charge on any atom is 0.311 e. The van der Waals surface area contributed by atoms with Crippen LogP contribution in [0, 0.1) is 24.0 Å². The summed E-state index contributed by atoms with van der Waals surface area (Å²) in [5, 5.41) is 11.7. The van der Waals surface area contributed by atoms with E-state index in [1.807, 2.05) is 32.0 Å². The largest absolute Gasteiger partial charge is 0.450 e. The minimum absolute atomic E-state index is 0.0276. The van der Waals surface area contributed by atoms with Gasteiger partial charge in [0.25, 0.3) is 0 Å². The Morgan fingerprint density at radius 3 is 2.50 bits per heavy atom. The summed E-state index contributed by atoms with van der Waals surface area (Å²) >= 11 is 3.29. The Bertz CT molecular complexity index is 656. The van der Waals surface area contributed by atoms with Crippen molar-refractivity contribution in [1.29, 1.82) is 0 Å². The summed E-state index contributed by atoms with van der Waals surface area (Å²) in [4.78, 5) is 10.7. The van der Waals surface area contributed by atoms with Crippen molar-refractivity contribution in [3.05, 3.63) is 63.2 Å². The van der Waals surface area contributed by atoms with Gasteiger partial charge in [-0.2, -0.15) is 0 Å². The van der Waals surface area contributed by atoms with E-state index in [0.29, 0.717) is 11.1 Å². The highest BCUT2D eigenvalue weighted by Gasteiger charge is 2.16. The quantitative estimate of drug-likeness (QED) is 0.453. The maximum absolute atomic E-state index is 11.1. The fraction of sp³-hybridized carbons (Fsp3) is 0.200. The average molecular weight is 336 g/mol. The van der Waals surface area contributed by atoms with Crippen LogP contribution in [-0.4, -0.2) is 4.92 Å². The summed E-state index contributed by atoms with van der Waals surface area (Å²) < 4.78 is 5.65. The van der Waals surface area contributed by atoms with Gasteiger partial charge in [-0.1, -0.05) is 28.1 Å². The van der Waals surface area contributed by atoms with Gasteiger partial charge in [-0.05, 0) is 48.7 Å². The van der Waals surface area contributed by atoms with Crippen molar-refractivity contribution in [2.24, 2.45) is 0 Å². The standard InChI is InChI=1S/C15H14BrNO3/c1-10-3-5-13(7-11(10)2)20-15-6-4-12(9-16)8-14(15)17(18)19/h3-8H,9H2,1-2H3. The molecule has 20 heavy (non-hydrogen) atoms. The van der Waals surface area contributed by atoms with E-state index in [9.17, 15) is 10.1 Å². The van der Waals surface area contributed by atoms with E-state index >= 15 is 0 Å². The highest BCUT2D eigenvalue weighted by molar-refractivity contribution is 9.08. The molecule has 0 N–H and O–H groups in total. The number of nitro groups is 1. The first-order chi connectivity index (χ1) is 9.51. The Balaban J connectivity index is 2.37. The first kappa shape index (κ1) is 14.5. The number of alkyl halides is 1. The van der Waals surface area contributed by atoms with E-state index in [1.54, 1.807) is 12.1 Å². The number of rotatable bonds is 4. The molecule has 0 saturated heterocycles. The smallest absolute Gasteiger partial charge is 0.311 e. The zero-order valence-electron chi connectivity index (χ0n) is 11.2. The SMILES string of the molecule is Cc1ccc(Oc2ccc(CBr)cc2[N+](=O)[O-])cc1C. The van der Waals surface area contributed by atoms with Crippen molar-refractivity contribution < 1.29 is 9.66 Å². The van der Waals surface area contributed by atoms with Gasteiger partial charge in [0.15, 0.2) is 0 Å². The van der Waals surface area contributed by atoms with Gasteiger partial charge in [0.2, 0.25) is 5.75 Å². The van der Waals surface area contributed by atoms with Crippen molar-refractivity contribution in [1.82, 2.24) is 0 Å². The molecule has 0 aliphatic heterocycles. The molecule has 2 rings (SSSR count). The van der Waals surface area contributed by atoms with E-state index in [4.69, 9.17) is 4.74 Å². The second-order valence-electron chi connectivity index (χ2n) is 4.54. The summed E-state index contributed by atoms with van der Waals surface area (Å²) in [6, 6.07) is 10.6. The molecule has 104 valence electrons. The number of benzene rings is 2. The lowest BCUT2D eigenvalue weighted by molar-refractivity contribution is -0.385. The number of nitro benzene ring substituents is 1. The molecule has 0 amide bonds. The molecule has 0 heterocycles. The third-order valence-corrected chi connectivity index (χ3v) is 3.73. The molecule has 4 nitrogen and oxygen atoms in total. The minimum Gasteiger partial charge on any atom is -0.450 e. The zero-order chi connectivity index (χ0) is 14.7. The number of aryl methyl sites for hydroxylation is 2. The van der Waals surface area contributed by atoms with Gasteiger partial charge in [0.05, 0.1) is 4.92 Å². The number of halogens is 1. The van der Waals surface area contributed by atoms with Gasteiger partial charge in [-0.25, -0.2) is 0 Å². The molecule has 0 radical (unpaired) electrons. The molecule has 0 aliphatic rings. The summed E-state index contributed by atoms with van der Waals surface area (Å²) in [6.07, 6.45) is 0. The van der Waals surface area contributed by atoms with E-state index in [2.05, 4.69) is 15.9 Å². The summed E-state index contributed by atoms with van der Waals surface area (Å²) in [5.74, 6) is 0.853. The Morgan fingerprint density at radius 2 is 1.90 bits per heavy atom. The van der Waals surface area contributed by atoms with Gasteiger partial charge < -0.3 is 4.74 Å². The molecule has 0 fully saturated rings. The Kier molecular flexibility index (Phi) is 4.39. The number of ether oxygens (including phenoxy) is 1. The fourth-order valence-electron chi connectivity index (χ4n) is 1.78. The third-order valence-electron chi connectivity index (χ3n) is 3.08. The number of hydrogen-bond acceptors (Lipinski definition) is 3. The van der Waals surface area contributed by atoms with Gasteiger partial charge in [0, 0.05) is 11.4 Å². The van der Waals surface area contributed by atoms with Crippen LogP contribution in [-0.2, 0) is 5.33 Å². The Labute approximate surface area is 125 Å². The summed E-state index contributed by atoms with van der Waals surface area (Å²) in [5.41, 5.74) is 3.05. The topological polar surface area (TPSA) is 52.4 Å². The minimum atomic E-state index is -0.428. The molecule has 0 aromatic heterocycles. The third kappa shape index (κ3) is 3.17. The van der Waals surface area contributed by atoms with Crippen molar-refractivity contribution in [3.63, 3.8) is 0 Å². The van der Waals surface area contributed by atoms with E-state index in [0.717, 1.165) is 16.7 Å². The van der Waals surface area contributed by atoms with Crippen LogP contribution < -0.4 is 4.74 Å². The Morgan fingerprint density at radius 1 is 1.15 bits per heavy atom. The molecule has 0 bridgehead atoms. The van der Waals surface area contributed by atoms with Crippen LogP contribution in [0.4, 0.5) is 5.69 Å². The van der Waals surface area contributed by atoms with E-state index in [1.165, 1.54) is 6.07 Å². The van der Waals surface area contributed by atoms with Crippen molar-refractivity contribution >= 4 is 21.6 Å². The van der Waals surface area contributed by atoms with E-state index in [-0.39, 0.29) is 11.4 Å². The molecular weight excluding hydrogens is 322 g/mol. The molecule has 2 aromatic rings. The van der Waals surface area contributed by atoms with Crippen LogP contribution >= 0.6 is 15.9 Å². The molecule has 2 aromatic carbocycles. The van der Waals surface area contributed by atoms with Crippen molar-refractivity contribution in [2.45, 2.75) is 19.2 Å². The van der Waals surface area contributed by atoms with Crippen molar-refractivity contribution in [2.75, 3.05) is 0 Å². The first-order valence-electron chi connectivity index (χ1n) is 6.09. The molecule has 0 atom stereocenters. The average Bonchev–Trinajstić information content (AvgIpc) is 2.43. The lowest BCUT2D eigenvalue weighted by Gasteiger charge is -2.09. The van der Waals surface area contributed by atoms with Crippen LogP contribution in [0.25, 0.3) is 0 Å². The van der Waals surface area contributed by atoms with Crippen LogP contribution in [0.3, 0.4) is 0 Å². The van der Waals surface area contributed by atoms with Crippen LogP contribution in [0.2, 0.25) is 0 Å². The van der Waals surface area contributed by atoms with Crippen LogP contribution in [0.15, 0.2) is 36.4 Å². The summed E-state index contributed by atoms with van der Waals surface area (Å²) in [7, 11) is 0. The van der Waals surface area contributed by atoms with Gasteiger partial charge >= 0.3 is 5.69 Å². The number of hydrogen-bond donors (Lipinski definition) is 0. The molecule has 0 aliphatic carbocycles. The second kappa shape index (κ2) is 6.05. The Hall–Kier alpha value is -1.88. The monoisotopic (exact) mass is 335 g/mol.